The molecule has 0 N–H and O–H groups in total. The first-order chi connectivity index (χ1) is 12.6. The summed E-state index contributed by atoms with van der Waals surface area (Å²) in [7, 11) is 0. The van der Waals surface area contributed by atoms with Gasteiger partial charge < -0.3 is 9.80 Å². The SMILES string of the molecule is O=C(c1ccccc1)N1CCN2C(=O)N(CCc3cccs3)C(=O)[C@H]2C1. The van der Waals surface area contributed by atoms with Gasteiger partial charge in [0.15, 0.2) is 0 Å². The highest BCUT2D eigenvalue weighted by atomic mass is 32.1. The number of benzene rings is 1. The van der Waals surface area contributed by atoms with Gasteiger partial charge in [-0.2, -0.15) is 0 Å². The van der Waals surface area contributed by atoms with Crippen LogP contribution in [0.4, 0.5) is 4.79 Å². The van der Waals surface area contributed by atoms with Crippen molar-refractivity contribution >= 4 is 29.2 Å². The Morgan fingerprint density at radius 2 is 1.88 bits per heavy atom. The zero-order valence-electron chi connectivity index (χ0n) is 14.2. The number of carbonyl (C=O) groups excluding carboxylic acids is 3. The predicted molar refractivity (Wildman–Crippen MR) is 98.0 cm³/mol. The Hall–Kier alpha value is -2.67. The van der Waals surface area contributed by atoms with E-state index in [1.807, 2.05) is 35.7 Å². The molecule has 2 aliphatic heterocycles. The number of hydrogen-bond donors (Lipinski definition) is 0. The van der Waals surface area contributed by atoms with Crippen molar-refractivity contribution in [2.45, 2.75) is 12.5 Å². The van der Waals surface area contributed by atoms with Crippen LogP contribution in [0, 0.1) is 0 Å². The summed E-state index contributed by atoms with van der Waals surface area (Å²) in [5.41, 5.74) is 0.604. The van der Waals surface area contributed by atoms with E-state index >= 15 is 0 Å². The molecule has 1 aromatic carbocycles. The molecule has 26 heavy (non-hydrogen) atoms. The molecule has 134 valence electrons. The van der Waals surface area contributed by atoms with Gasteiger partial charge in [-0.3, -0.25) is 14.5 Å². The Morgan fingerprint density at radius 3 is 2.62 bits per heavy atom. The molecule has 2 aromatic rings. The highest BCUT2D eigenvalue weighted by Crippen LogP contribution is 2.24. The summed E-state index contributed by atoms with van der Waals surface area (Å²) in [5.74, 6) is -0.292. The summed E-state index contributed by atoms with van der Waals surface area (Å²) in [6, 6.07) is 12.2. The number of fused-ring (bicyclic) bond motifs is 1. The second-order valence-electron chi connectivity index (χ2n) is 6.43. The van der Waals surface area contributed by atoms with Crippen molar-refractivity contribution < 1.29 is 14.4 Å². The molecule has 2 saturated heterocycles. The van der Waals surface area contributed by atoms with E-state index in [2.05, 4.69) is 0 Å². The van der Waals surface area contributed by atoms with Crippen LogP contribution in [0.25, 0.3) is 0 Å². The molecule has 7 heteroatoms. The second-order valence-corrected chi connectivity index (χ2v) is 7.46. The molecule has 2 aliphatic rings. The van der Waals surface area contributed by atoms with Crippen LogP contribution in [0.2, 0.25) is 0 Å². The Bertz CT molecular complexity index is 822. The van der Waals surface area contributed by atoms with Gasteiger partial charge in [-0.15, -0.1) is 11.3 Å². The lowest BCUT2D eigenvalue weighted by Crippen LogP contribution is -2.54. The number of hydrogen-bond acceptors (Lipinski definition) is 4. The smallest absolute Gasteiger partial charge is 0.327 e. The molecule has 3 heterocycles. The molecular weight excluding hydrogens is 350 g/mol. The summed E-state index contributed by atoms with van der Waals surface area (Å²) in [6.07, 6.45) is 0.669. The van der Waals surface area contributed by atoms with Crippen LogP contribution in [0.15, 0.2) is 47.8 Å². The molecular formula is C19H19N3O3S. The van der Waals surface area contributed by atoms with Crippen LogP contribution < -0.4 is 0 Å². The maximum Gasteiger partial charge on any atom is 0.327 e. The van der Waals surface area contributed by atoms with Crippen molar-refractivity contribution in [1.82, 2.24) is 14.7 Å². The van der Waals surface area contributed by atoms with Crippen molar-refractivity contribution in [2.75, 3.05) is 26.2 Å². The van der Waals surface area contributed by atoms with Gasteiger partial charge in [-0.25, -0.2) is 4.79 Å². The number of carbonyl (C=O) groups is 3. The molecule has 0 saturated carbocycles. The van der Waals surface area contributed by atoms with E-state index in [-0.39, 0.29) is 24.4 Å². The van der Waals surface area contributed by atoms with E-state index < -0.39 is 6.04 Å². The average Bonchev–Trinajstić information content (AvgIpc) is 3.28. The largest absolute Gasteiger partial charge is 0.334 e. The van der Waals surface area contributed by atoms with E-state index in [1.165, 1.54) is 4.90 Å². The lowest BCUT2D eigenvalue weighted by molar-refractivity contribution is -0.129. The van der Waals surface area contributed by atoms with Crippen LogP contribution in [-0.2, 0) is 11.2 Å². The standard InChI is InChI=1S/C19H19N3O3S/c23-17(14-5-2-1-3-6-14)20-10-11-21-16(13-20)18(24)22(19(21)25)9-8-15-7-4-12-26-15/h1-7,12,16H,8-11,13H2/t16-/m1/s1. The van der Waals surface area contributed by atoms with E-state index in [0.29, 0.717) is 31.6 Å². The Balaban J connectivity index is 1.44. The summed E-state index contributed by atoms with van der Waals surface area (Å²) >= 11 is 1.62. The minimum absolute atomic E-state index is 0.0949. The fourth-order valence-electron chi connectivity index (χ4n) is 3.48. The normalized spacial score (nSPS) is 19.8. The summed E-state index contributed by atoms with van der Waals surface area (Å²) < 4.78 is 0. The number of nitrogens with zero attached hydrogens (tertiary/aromatic N) is 3. The van der Waals surface area contributed by atoms with Crippen molar-refractivity contribution in [1.29, 1.82) is 0 Å². The van der Waals surface area contributed by atoms with E-state index in [4.69, 9.17) is 0 Å². The van der Waals surface area contributed by atoms with Gasteiger partial charge in [0.1, 0.15) is 6.04 Å². The Morgan fingerprint density at radius 1 is 1.08 bits per heavy atom. The molecule has 0 bridgehead atoms. The average molecular weight is 369 g/mol. The molecule has 0 radical (unpaired) electrons. The Kier molecular flexibility index (Phi) is 4.46. The van der Waals surface area contributed by atoms with Gasteiger partial charge in [0, 0.05) is 30.1 Å². The predicted octanol–water partition coefficient (Wildman–Crippen LogP) is 2.08. The topological polar surface area (TPSA) is 60.9 Å². The third-order valence-corrected chi connectivity index (χ3v) is 5.81. The van der Waals surface area contributed by atoms with Gasteiger partial charge in [-0.1, -0.05) is 24.3 Å². The van der Waals surface area contributed by atoms with Crippen LogP contribution in [-0.4, -0.2) is 64.8 Å². The highest BCUT2D eigenvalue weighted by Gasteiger charge is 2.48. The summed E-state index contributed by atoms with van der Waals surface area (Å²) in [5, 5.41) is 1.99. The van der Waals surface area contributed by atoms with Gasteiger partial charge >= 0.3 is 6.03 Å². The number of thiophene rings is 1. The molecule has 0 unspecified atom stereocenters. The molecule has 4 rings (SSSR count). The number of urea groups is 1. The lowest BCUT2D eigenvalue weighted by atomic mass is 10.1. The highest BCUT2D eigenvalue weighted by molar-refractivity contribution is 7.09. The minimum Gasteiger partial charge on any atom is -0.334 e. The van der Waals surface area contributed by atoms with Gasteiger partial charge in [-0.05, 0) is 30.0 Å². The van der Waals surface area contributed by atoms with Crippen LogP contribution in [0.3, 0.4) is 0 Å². The number of rotatable bonds is 4. The van der Waals surface area contributed by atoms with Crippen LogP contribution in [0.5, 0.6) is 0 Å². The van der Waals surface area contributed by atoms with Crippen molar-refractivity contribution in [3.8, 4) is 0 Å². The third-order valence-electron chi connectivity index (χ3n) is 4.88. The molecule has 1 atom stereocenters. The number of imide groups is 1. The monoisotopic (exact) mass is 369 g/mol. The summed E-state index contributed by atoms with van der Waals surface area (Å²) in [6.45, 7) is 1.48. The van der Waals surface area contributed by atoms with Gasteiger partial charge in [0.05, 0.1) is 6.54 Å². The maximum atomic E-state index is 12.7. The lowest BCUT2D eigenvalue weighted by Gasteiger charge is -2.35. The minimum atomic E-state index is -0.563. The van der Waals surface area contributed by atoms with E-state index in [0.717, 1.165) is 4.88 Å². The zero-order chi connectivity index (χ0) is 18.1. The van der Waals surface area contributed by atoms with Crippen molar-refractivity contribution in [3.63, 3.8) is 0 Å². The first-order valence-corrected chi connectivity index (χ1v) is 9.52. The molecule has 6 nitrogen and oxygen atoms in total. The van der Waals surface area contributed by atoms with Crippen LogP contribution >= 0.6 is 11.3 Å². The van der Waals surface area contributed by atoms with Gasteiger partial charge in [0.2, 0.25) is 0 Å². The van der Waals surface area contributed by atoms with E-state index in [1.54, 1.807) is 33.3 Å². The quantitative estimate of drug-likeness (QED) is 0.776. The molecule has 1 aromatic heterocycles. The zero-order valence-corrected chi connectivity index (χ0v) is 15.0. The number of piperazine rings is 1. The van der Waals surface area contributed by atoms with Gasteiger partial charge in [0.25, 0.3) is 11.8 Å². The molecule has 0 spiro atoms. The fraction of sp³-hybridized carbons (Fsp3) is 0.316. The van der Waals surface area contributed by atoms with Crippen molar-refractivity contribution in [3.05, 3.63) is 58.3 Å². The second kappa shape index (κ2) is 6.92. The maximum absolute atomic E-state index is 12.7. The fourth-order valence-corrected chi connectivity index (χ4v) is 4.18. The van der Waals surface area contributed by atoms with Crippen molar-refractivity contribution in [2.24, 2.45) is 0 Å². The first-order valence-electron chi connectivity index (χ1n) is 8.64. The molecule has 2 fully saturated rings. The Labute approximate surface area is 155 Å². The van der Waals surface area contributed by atoms with E-state index in [9.17, 15) is 14.4 Å². The van der Waals surface area contributed by atoms with Crippen LogP contribution in [0.1, 0.15) is 15.2 Å². The number of amides is 4. The molecule has 4 amide bonds. The first kappa shape index (κ1) is 16.8. The third kappa shape index (κ3) is 2.99. The summed E-state index contributed by atoms with van der Waals surface area (Å²) in [4.78, 5) is 43.7. The molecule has 0 aliphatic carbocycles.